The lowest BCUT2D eigenvalue weighted by molar-refractivity contribution is 0.245. The zero-order chi connectivity index (χ0) is 10.7. The van der Waals surface area contributed by atoms with E-state index in [4.69, 9.17) is 5.11 Å². The number of thiazole rings is 1. The van der Waals surface area contributed by atoms with Gasteiger partial charge in [0, 0.05) is 35.7 Å². The summed E-state index contributed by atoms with van der Waals surface area (Å²) in [6.07, 6.45) is 7.15. The standard InChI is InChI=1S/C11H16N2OS/c1-8(11-5-12-7-15-11)13-10-3-2-9(4-10)6-14/h2-3,5,7-10,13-14H,4,6H2,1H3/t8-,9-,10+/m0/s1. The Bertz CT molecular complexity index is 323. The van der Waals surface area contributed by atoms with E-state index < -0.39 is 0 Å². The second-order valence-electron chi connectivity index (χ2n) is 3.96. The van der Waals surface area contributed by atoms with E-state index in [0.29, 0.717) is 18.0 Å². The molecule has 2 rings (SSSR count). The van der Waals surface area contributed by atoms with E-state index in [0.717, 1.165) is 6.42 Å². The fourth-order valence-corrected chi connectivity index (χ4v) is 2.51. The molecule has 2 N–H and O–H groups in total. The topological polar surface area (TPSA) is 45.1 Å². The third-order valence-corrected chi connectivity index (χ3v) is 3.71. The highest BCUT2D eigenvalue weighted by Crippen LogP contribution is 2.22. The van der Waals surface area contributed by atoms with Gasteiger partial charge in [-0.25, -0.2) is 0 Å². The molecule has 0 spiro atoms. The Hall–Kier alpha value is -0.710. The minimum atomic E-state index is 0.254. The van der Waals surface area contributed by atoms with Crippen molar-refractivity contribution in [3.63, 3.8) is 0 Å². The number of aromatic nitrogens is 1. The van der Waals surface area contributed by atoms with Crippen LogP contribution in [0.2, 0.25) is 0 Å². The van der Waals surface area contributed by atoms with Crippen LogP contribution in [0.4, 0.5) is 0 Å². The molecule has 0 amide bonds. The molecule has 3 nitrogen and oxygen atoms in total. The molecule has 0 aliphatic heterocycles. The van der Waals surface area contributed by atoms with Crippen molar-refractivity contribution in [2.24, 2.45) is 5.92 Å². The smallest absolute Gasteiger partial charge is 0.0794 e. The Morgan fingerprint density at radius 2 is 2.53 bits per heavy atom. The summed E-state index contributed by atoms with van der Waals surface area (Å²) in [7, 11) is 0. The molecule has 3 atom stereocenters. The minimum absolute atomic E-state index is 0.254. The van der Waals surface area contributed by atoms with Gasteiger partial charge in [-0.2, -0.15) is 0 Å². The molecule has 0 fully saturated rings. The molecule has 1 heterocycles. The SMILES string of the molecule is C[C@H](N[C@@H]1C=C[C@H](CO)C1)c1cncs1. The van der Waals surface area contributed by atoms with Crippen LogP contribution >= 0.6 is 11.3 Å². The number of hydrogen-bond acceptors (Lipinski definition) is 4. The van der Waals surface area contributed by atoms with Gasteiger partial charge in [0.25, 0.3) is 0 Å². The van der Waals surface area contributed by atoms with Gasteiger partial charge in [0.15, 0.2) is 0 Å². The summed E-state index contributed by atoms with van der Waals surface area (Å²) in [5.74, 6) is 0.330. The molecule has 0 unspecified atom stereocenters. The first-order valence-corrected chi connectivity index (χ1v) is 6.11. The molecule has 0 saturated heterocycles. The Balaban J connectivity index is 1.86. The average molecular weight is 224 g/mol. The first kappa shape index (κ1) is 10.8. The molecule has 1 aliphatic carbocycles. The molecule has 4 heteroatoms. The maximum atomic E-state index is 9.01. The second-order valence-corrected chi connectivity index (χ2v) is 4.88. The molecular formula is C11H16N2OS. The van der Waals surface area contributed by atoms with E-state index in [2.05, 4.69) is 29.4 Å². The van der Waals surface area contributed by atoms with E-state index in [1.165, 1.54) is 4.88 Å². The van der Waals surface area contributed by atoms with Crippen LogP contribution in [0.1, 0.15) is 24.3 Å². The number of hydrogen-bond donors (Lipinski definition) is 2. The molecule has 0 radical (unpaired) electrons. The van der Waals surface area contributed by atoms with E-state index in [1.807, 2.05) is 11.7 Å². The van der Waals surface area contributed by atoms with Crippen molar-refractivity contribution in [1.29, 1.82) is 0 Å². The maximum absolute atomic E-state index is 9.01. The molecule has 1 aromatic heterocycles. The minimum Gasteiger partial charge on any atom is -0.396 e. The van der Waals surface area contributed by atoms with Crippen LogP contribution in [0.15, 0.2) is 23.9 Å². The van der Waals surface area contributed by atoms with E-state index in [1.54, 1.807) is 11.3 Å². The first-order valence-electron chi connectivity index (χ1n) is 5.23. The van der Waals surface area contributed by atoms with Gasteiger partial charge in [0.2, 0.25) is 0 Å². The van der Waals surface area contributed by atoms with Gasteiger partial charge in [-0.05, 0) is 13.3 Å². The number of nitrogens with zero attached hydrogens (tertiary/aromatic N) is 1. The van der Waals surface area contributed by atoms with E-state index in [9.17, 15) is 0 Å². The van der Waals surface area contributed by atoms with Crippen molar-refractivity contribution < 1.29 is 5.11 Å². The number of nitrogens with one attached hydrogen (secondary N) is 1. The molecular weight excluding hydrogens is 208 g/mol. The Morgan fingerprint density at radius 1 is 1.67 bits per heavy atom. The summed E-state index contributed by atoms with van der Waals surface area (Å²) in [5.41, 5.74) is 1.86. The van der Waals surface area contributed by atoms with Gasteiger partial charge in [-0.3, -0.25) is 4.98 Å². The Kier molecular flexibility index (Phi) is 3.51. The van der Waals surface area contributed by atoms with Crippen molar-refractivity contribution in [2.45, 2.75) is 25.4 Å². The van der Waals surface area contributed by atoms with Crippen LogP contribution in [0, 0.1) is 5.92 Å². The van der Waals surface area contributed by atoms with Crippen molar-refractivity contribution >= 4 is 11.3 Å². The van der Waals surface area contributed by atoms with Crippen molar-refractivity contribution in [3.8, 4) is 0 Å². The van der Waals surface area contributed by atoms with Gasteiger partial charge in [0.05, 0.1) is 5.51 Å². The molecule has 1 aromatic rings. The van der Waals surface area contributed by atoms with Crippen LogP contribution in [-0.2, 0) is 0 Å². The van der Waals surface area contributed by atoms with E-state index >= 15 is 0 Å². The van der Waals surface area contributed by atoms with Crippen LogP contribution in [0.25, 0.3) is 0 Å². The molecule has 15 heavy (non-hydrogen) atoms. The average Bonchev–Trinajstić information content (AvgIpc) is 2.87. The lowest BCUT2D eigenvalue weighted by atomic mass is 10.1. The predicted molar refractivity (Wildman–Crippen MR) is 61.8 cm³/mol. The number of aliphatic hydroxyl groups is 1. The van der Waals surface area contributed by atoms with E-state index in [-0.39, 0.29) is 6.61 Å². The van der Waals surface area contributed by atoms with Crippen LogP contribution in [-0.4, -0.2) is 22.7 Å². The first-order chi connectivity index (χ1) is 7.29. The van der Waals surface area contributed by atoms with Crippen molar-refractivity contribution in [1.82, 2.24) is 10.3 Å². The summed E-state index contributed by atoms with van der Waals surface area (Å²) in [6, 6.07) is 0.726. The molecule has 1 aliphatic rings. The Morgan fingerprint density at radius 3 is 3.13 bits per heavy atom. The predicted octanol–water partition coefficient (Wildman–Crippen LogP) is 1.73. The fourth-order valence-electron chi connectivity index (χ4n) is 1.88. The lowest BCUT2D eigenvalue weighted by Crippen LogP contribution is -2.28. The third kappa shape index (κ3) is 2.65. The zero-order valence-corrected chi connectivity index (χ0v) is 9.57. The summed E-state index contributed by atoms with van der Waals surface area (Å²) >= 11 is 1.67. The Labute approximate surface area is 93.9 Å². The fraction of sp³-hybridized carbons (Fsp3) is 0.545. The number of aliphatic hydroxyl groups excluding tert-OH is 1. The summed E-state index contributed by atoms with van der Waals surface area (Å²) in [5, 5.41) is 12.5. The summed E-state index contributed by atoms with van der Waals surface area (Å²) < 4.78 is 0. The molecule has 82 valence electrons. The third-order valence-electron chi connectivity index (χ3n) is 2.75. The van der Waals surface area contributed by atoms with Gasteiger partial charge >= 0.3 is 0 Å². The quantitative estimate of drug-likeness (QED) is 0.766. The summed E-state index contributed by atoms with van der Waals surface area (Å²) in [4.78, 5) is 5.33. The summed E-state index contributed by atoms with van der Waals surface area (Å²) in [6.45, 7) is 2.40. The zero-order valence-electron chi connectivity index (χ0n) is 8.76. The highest BCUT2D eigenvalue weighted by atomic mass is 32.1. The van der Waals surface area contributed by atoms with Gasteiger partial charge < -0.3 is 10.4 Å². The molecule has 0 aromatic carbocycles. The second kappa shape index (κ2) is 4.88. The van der Waals surface area contributed by atoms with Crippen LogP contribution in [0.5, 0.6) is 0 Å². The highest BCUT2D eigenvalue weighted by molar-refractivity contribution is 7.09. The largest absolute Gasteiger partial charge is 0.396 e. The highest BCUT2D eigenvalue weighted by Gasteiger charge is 2.20. The lowest BCUT2D eigenvalue weighted by Gasteiger charge is -2.17. The van der Waals surface area contributed by atoms with Crippen molar-refractivity contribution in [3.05, 3.63) is 28.7 Å². The number of rotatable bonds is 4. The maximum Gasteiger partial charge on any atom is 0.0794 e. The molecule has 0 saturated carbocycles. The van der Waals surface area contributed by atoms with Gasteiger partial charge in [-0.1, -0.05) is 12.2 Å². The van der Waals surface area contributed by atoms with Crippen molar-refractivity contribution in [2.75, 3.05) is 6.61 Å². The van der Waals surface area contributed by atoms with Crippen LogP contribution in [0.3, 0.4) is 0 Å². The monoisotopic (exact) mass is 224 g/mol. The van der Waals surface area contributed by atoms with Gasteiger partial charge in [0.1, 0.15) is 0 Å². The van der Waals surface area contributed by atoms with Crippen LogP contribution < -0.4 is 5.32 Å². The molecule has 0 bridgehead atoms. The van der Waals surface area contributed by atoms with Gasteiger partial charge in [-0.15, -0.1) is 11.3 Å². The normalized spacial score (nSPS) is 27.1.